The van der Waals surface area contributed by atoms with Gasteiger partial charge >= 0.3 is 5.97 Å². The van der Waals surface area contributed by atoms with Gasteiger partial charge in [0.1, 0.15) is 0 Å². The molecule has 86 valence electrons. The van der Waals surface area contributed by atoms with Crippen LogP contribution in [0.3, 0.4) is 0 Å². The molecule has 0 unspecified atom stereocenters. The van der Waals surface area contributed by atoms with E-state index in [1.54, 1.807) is 6.20 Å². The van der Waals surface area contributed by atoms with Crippen LogP contribution in [-0.2, 0) is 4.74 Å². The van der Waals surface area contributed by atoms with Gasteiger partial charge in [-0.05, 0) is 25.3 Å². The van der Waals surface area contributed by atoms with Gasteiger partial charge in [-0.3, -0.25) is 0 Å². The van der Waals surface area contributed by atoms with Crippen molar-refractivity contribution in [2.45, 2.75) is 25.7 Å². The second-order valence-electron chi connectivity index (χ2n) is 3.95. The molecule has 0 radical (unpaired) electrons. The summed E-state index contributed by atoms with van der Waals surface area (Å²) in [5.41, 5.74) is 1.81. The zero-order valence-corrected chi connectivity index (χ0v) is 9.14. The molecule has 0 spiro atoms. The number of hydrogen-bond acceptors (Lipinski definition) is 4. The number of ether oxygens (including phenoxy) is 1. The molecule has 0 aliphatic carbocycles. The van der Waals surface area contributed by atoms with Crippen molar-refractivity contribution >= 4 is 5.97 Å². The third kappa shape index (κ3) is 2.19. The zero-order valence-electron chi connectivity index (χ0n) is 9.14. The van der Waals surface area contributed by atoms with E-state index in [0.717, 1.165) is 37.3 Å². The summed E-state index contributed by atoms with van der Waals surface area (Å²) in [4.78, 5) is 18.7. The van der Waals surface area contributed by atoms with Gasteiger partial charge in [-0.1, -0.05) is 0 Å². The molecule has 16 heavy (non-hydrogen) atoms. The maximum atomic E-state index is 10.8. The van der Waals surface area contributed by atoms with Crippen molar-refractivity contribution in [3.63, 3.8) is 0 Å². The lowest BCUT2D eigenvalue weighted by Gasteiger charge is -2.22. The van der Waals surface area contributed by atoms with Crippen molar-refractivity contribution in [3.8, 4) is 0 Å². The highest BCUT2D eigenvalue weighted by atomic mass is 16.5. The van der Waals surface area contributed by atoms with Crippen LogP contribution < -0.4 is 0 Å². The number of rotatable bonds is 2. The lowest BCUT2D eigenvalue weighted by Crippen LogP contribution is -2.18. The molecule has 1 aromatic heterocycles. The Hall–Kier alpha value is -1.49. The number of hydrogen-bond donors (Lipinski definition) is 1. The molecule has 0 saturated carbocycles. The van der Waals surface area contributed by atoms with Gasteiger partial charge in [0.05, 0.1) is 5.69 Å². The number of aromatic nitrogens is 2. The monoisotopic (exact) mass is 222 g/mol. The molecule has 0 aromatic carbocycles. The lowest BCUT2D eigenvalue weighted by molar-refractivity contribution is 0.0681. The SMILES string of the molecule is Cc1cnc(C(=O)O)nc1C1CCOCC1. The van der Waals surface area contributed by atoms with E-state index < -0.39 is 5.97 Å². The predicted molar refractivity (Wildman–Crippen MR) is 56.5 cm³/mol. The third-order valence-corrected chi connectivity index (χ3v) is 2.81. The molecule has 1 N–H and O–H groups in total. The maximum Gasteiger partial charge on any atom is 0.373 e. The highest BCUT2D eigenvalue weighted by molar-refractivity contribution is 5.83. The van der Waals surface area contributed by atoms with Crippen LogP contribution in [0.4, 0.5) is 0 Å². The van der Waals surface area contributed by atoms with Gasteiger partial charge in [0.2, 0.25) is 5.82 Å². The van der Waals surface area contributed by atoms with Crippen molar-refractivity contribution in [2.24, 2.45) is 0 Å². The maximum absolute atomic E-state index is 10.8. The topological polar surface area (TPSA) is 72.3 Å². The molecule has 0 amide bonds. The van der Waals surface area contributed by atoms with Crippen LogP contribution in [0.5, 0.6) is 0 Å². The highest BCUT2D eigenvalue weighted by Crippen LogP contribution is 2.27. The van der Waals surface area contributed by atoms with E-state index in [9.17, 15) is 4.79 Å². The van der Waals surface area contributed by atoms with Crippen LogP contribution >= 0.6 is 0 Å². The van der Waals surface area contributed by atoms with Crippen molar-refractivity contribution in [3.05, 3.63) is 23.3 Å². The first-order chi connectivity index (χ1) is 7.68. The fourth-order valence-electron chi connectivity index (χ4n) is 1.94. The van der Waals surface area contributed by atoms with Gasteiger partial charge in [0.15, 0.2) is 0 Å². The molecule has 1 aliphatic heterocycles. The van der Waals surface area contributed by atoms with Crippen LogP contribution in [0.2, 0.25) is 0 Å². The van der Waals surface area contributed by atoms with Gasteiger partial charge in [-0.25, -0.2) is 14.8 Å². The van der Waals surface area contributed by atoms with E-state index in [1.165, 1.54) is 0 Å². The minimum absolute atomic E-state index is 0.118. The summed E-state index contributed by atoms with van der Waals surface area (Å²) in [7, 11) is 0. The average Bonchev–Trinajstić information content (AvgIpc) is 2.30. The fourth-order valence-corrected chi connectivity index (χ4v) is 1.94. The fraction of sp³-hybridized carbons (Fsp3) is 0.545. The number of aromatic carboxylic acids is 1. The minimum atomic E-state index is -1.08. The summed E-state index contributed by atoms with van der Waals surface area (Å²) in [5, 5.41) is 8.85. The summed E-state index contributed by atoms with van der Waals surface area (Å²) in [6.45, 7) is 3.35. The van der Waals surface area contributed by atoms with Crippen LogP contribution in [0.15, 0.2) is 6.20 Å². The number of carboxylic acid groups (broad SMARTS) is 1. The van der Waals surface area contributed by atoms with Crippen LogP contribution in [0.25, 0.3) is 0 Å². The summed E-state index contributed by atoms with van der Waals surface area (Å²) in [6, 6.07) is 0. The smallest absolute Gasteiger partial charge is 0.373 e. The molecule has 2 heterocycles. The predicted octanol–water partition coefficient (Wildman–Crippen LogP) is 1.38. The Labute approximate surface area is 93.5 Å². The first-order valence-corrected chi connectivity index (χ1v) is 5.33. The number of nitrogens with zero attached hydrogens (tertiary/aromatic N) is 2. The summed E-state index contributed by atoms with van der Waals surface area (Å²) in [5.74, 6) is -0.893. The molecule has 0 bridgehead atoms. The first kappa shape index (κ1) is 11.0. The molecule has 0 atom stereocenters. The molecular weight excluding hydrogens is 208 g/mol. The normalized spacial score (nSPS) is 17.3. The van der Waals surface area contributed by atoms with Gasteiger partial charge in [0, 0.05) is 25.3 Å². The van der Waals surface area contributed by atoms with Gasteiger partial charge in [0.25, 0.3) is 0 Å². The van der Waals surface area contributed by atoms with E-state index in [4.69, 9.17) is 9.84 Å². The van der Waals surface area contributed by atoms with Crippen molar-refractivity contribution < 1.29 is 14.6 Å². The van der Waals surface area contributed by atoms with Crippen molar-refractivity contribution in [2.75, 3.05) is 13.2 Å². The zero-order chi connectivity index (χ0) is 11.5. The highest BCUT2D eigenvalue weighted by Gasteiger charge is 2.21. The molecule has 2 rings (SSSR count). The Morgan fingerprint density at radius 3 is 2.81 bits per heavy atom. The molecule has 1 aliphatic rings. The summed E-state index contributed by atoms with van der Waals surface area (Å²) in [6.07, 6.45) is 3.38. The van der Waals surface area contributed by atoms with Crippen LogP contribution in [0.1, 0.15) is 40.6 Å². The molecule has 5 heteroatoms. The Bertz CT molecular complexity index is 400. The standard InChI is InChI=1S/C11H14N2O3/c1-7-6-12-10(11(14)15)13-9(7)8-2-4-16-5-3-8/h6,8H,2-5H2,1H3,(H,14,15). The van der Waals surface area contributed by atoms with Crippen LogP contribution in [0, 0.1) is 6.92 Å². The Kier molecular flexibility index (Phi) is 3.14. The largest absolute Gasteiger partial charge is 0.475 e. The Morgan fingerprint density at radius 2 is 2.19 bits per heavy atom. The van der Waals surface area contributed by atoms with Crippen LogP contribution in [-0.4, -0.2) is 34.3 Å². The molecule has 1 fully saturated rings. The quantitative estimate of drug-likeness (QED) is 0.818. The third-order valence-electron chi connectivity index (χ3n) is 2.81. The molecular formula is C11H14N2O3. The van der Waals surface area contributed by atoms with E-state index in [2.05, 4.69) is 9.97 Å². The van der Waals surface area contributed by atoms with Gasteiger partial charge in [-0.2, -0.15) is 0 Å². The molecule has 1 saturated heterocycles. The lowest BCUT2D eigenvalue weighted by atomic mass is 9.94. The van der Waals surface area contributed by atoms with Crippen molar-refractivity contribution in [1.82, 2.24) is 9.97 Å². The second-order valence-corrected chi connectivity index (χ2v) is 3.95. The molecule has 5 nitrogen and oxygen atoms in total. The summed E-state index contributed by atoms with van der Waals surface area (Å²) < 4.78 is 5.28. The summed E-state index contributed by atoms with van der Waals surface area (Å²) >= 11 is 0. The molecule has 1 aromatic rings. The number of carboxylic acids is 1. The van der Waals surface area contributed by atoms with E-state index in [0.29, 0.717) is 5.92 Å². The van der Waals surface area contributed by atoms with E-state index in [1.807, 2.05) is 6.92 Å². The van der Waals surface area contributed by atoms with Crippen molar-refractivity contribution in [1.29, 1.82) is 0 Å². The van der Waals surface area contributed by atoms with Gasteiger partial charge < -0.3 is 9.84 Å². The Morgan fingerprint density at radius 1 is 1.50 bits per heavy atom. The van der Waals surface area contributed by atoms with E-state index >= 15 is 0 Å². The minimum Gasteiger partial charge on any atom is -0.475 e. The average molecular weight is 222 g/mol. The van der Waals surface area contributed by atoms with E-state index in [-0.39, 0.29) is 5.82 Å². The number of aryl methyl sites for hydroxylation is 1. The Balaban J connectivity index is 2.30. The van der Waals surface area contributed by atoms with Gasteiger partial charge in [-0.15, -0.1) is 0 Å². The number of carbonyl (C=O) groups is 1. The first-order valence-electron chi connectivity index (χ1n) is 5.33. The second kappa shape index (κ2) is 4.57.